The van der Waals surface area contributed by atoms with E-state index < -0.39 is 0 Å². The molecule has 0 bridgehead atoms. The van der Waals surface area contributed by atoms with Crippen molar-refractivity contribution >= 4 is 0 Å². The lowest BCUT2D eigenvalue weighted by molar-refractivity contribution is 0.369. The summed E-state index contributed by atoms with van der Waals surface area (Å²) >= 11 is 0. The molecule has 2 saturated carbocycles. The zero-order valence-electron chi connectivity index (χ0n) is 11.6. The second-order valence-corrected chi connectivity index (χ2v) is 5.59. The second-order valence-electron chi connectivity index (χ2n) is 5.59. The van der Waals surface area contributed by atoms with Crippen LogP contribution in [0.25, 0.3) is 0 Å². The zero-order chi connectivity index (χ0) is 13.4. The van der Waals surface area contributed by atoms with Crippen molar-refractivity contribution in [2.24, 2.45) is 23.6 Å². The highest BCUT2D eigenvalue weighted by molar-refractivity contribution is 5.43. The molecule has 0 amide bonds. The van der Waals surface area contributed by atoms with Crippen LogP contribution in [0.15, 0.2) is 18.2 Å². The maximum absolute atomic E-state index is 5.81. The summed E-state index contributed by atoms with van der Waals surface area (Å²) in [5, 5.41) is 0. The van der Waals surface area contributed by atoms with Crippen molar-refractivity contribution in [1.29, 1.82) is 0 Å². The van der Waals surface area contributed by atoms with Gasteiger partial charge in [-0.25, -0.2) is 0 Å². The predicted octanol–water partition coefficient (Wildman–Crippen LogP) is 2.25. The fraction of sp³-hybridized carbons (Fsp3) is 0.600. The molecule has 1 aromatic carbocycles. The summed E-state index contributed by atoms with van der Waals surface area (Å²) in [6, 6.07) is 6.16. The Bertz CT molecular complexity index is 453. The molecular formula is C15H22N2O2. The molecule has 3 N–H and O–H groups in total. The first-order valence-corrected chi connectivity index (χ1v) is 6.98. The Labute approximate surface area is 114 Å². The molecule has 0 aliphatic heterocycles. The van der Waals surface area contributed by atoms with Crippen molar-refractivity contribution in [2.45, 2.75) is 25.3 Å². The third-order valence-corrected chi connectivity index (χ3v) is 4.81. The highest BCUT2D eigenvalue weighted by Gasteiger charge is 2.56. The van der Waals surface area contributed by atoms with Crippen molar-refractivity contribution in [2.75, 3.05) is 14.2 Å². The zero-order valence-corrected chi connectivity index (χ0v) is 11.6. The van der Waals surface area contributed by atoms with Gasteiger partial charge in [0.1, 0.15) is 11.5 Å². The van der Waals surface area contributed by atoms with E-state index in [1.54, 1.807) is 14.2 Å². The van der Waals surface area contributed by atoms with Gasteiger partial charge in [-0.2, -0.15) is 0 Å². The van der Waals surface area contributed by atoms with Crippen LogP contribution in [0.2, 0.25) is 0 Å². The largest absolute Gasteiger partial charge is 0.497 e. The van der Waals surface area contributed by atoms with Gasteiger partial charge in [-0.15, -0.1) is 0 Å². The number of hydrogen-bond donors (Lipinski definition) is 2. The van der Waals surface area contributed by atoms with Gasteiger partial charge in [0.25, 0.3) is 0 Å². The smallest absolute Gasteiger partial charge is 0.127 e. The van der Waals surface area contributed by atoms with Crippen LogP contribution in [0.5, 0.6) is 11.5 Å². The van der Waals surface area contributed by atoms with Crippen LogP contribution < -0.4 is 20.7 Å². The van der Waals surface area contributed by atoms with Gasteiger partial charge in [-0.05, 0) is 36.7 Å². The quantitative estimate of drug-likeness (QED) is 0.631. The molecule has 0 spiro atoms. The maximum Gasteiger partial charge on any atom is 0.127 e. The third kappa shape index (κ3) is 2.09. The van der Waals surface area contributed by atoms with Crippen molar-refractivity contribution in [3.05, 3.63) is 23.8 Å². The molecule has 3 rings (SSSR count). The van der Waals surface area contributed by atoms with E-state index in [0.717, 1.165) is 28.9 Å². The molecule has 3 atom stereocenters. The molecule has 3 unspecified atom stereocenters. The van der Waals surface area contributed by atoms with Crippen LogP contribution >= 0.6 is 0 Å². The Hall–Kier alpha value is -1.26. The molecule has 1 aromatic rings. The lowest BCUT2D eigenvalue weighted by Crippen LogP contribution is -2.31. The van der Waals surface area contributed by atoms with E-state index in [1.165, 1.54) is 19.3 Å². The van der Waals surface area contributed by atoms with E-state index in [9.17, 15) is 0 Å². The van der Waals surface area contributed by atoms with Crippen LogP contribution in [-0.4, -0.2) is 14.2 Å². The standard InChI is InChI=1S/C15H22N2O2/c1-18-9-6-7-12(13(8-9)19-2)15(17-16)14-10-4-3-5-11(10)14/h6-8,10-11,14-15,17H,3-5,16H2,1-2H3. The Balaban J connectivity index is 1.87. The fourth-order valence-corrected chi connectivity index (χ4v) is 3.85. The molecule has 2 aliphatic carbocycles. The van der Waals surface area contributed by atoms with E-state index in [1.807, 2.05) is 12.1 Å². The highest BCUT2D eigenvalue weighted by Crippen LogP contribution is 2.62. The number of rotatable bonds is 5. The maximum atomic E-state index is 5.81. The number of fused-ring (bicyclic) bond motifs is 1. The Kier molecular flexibility index (Phi) is 3.37. The lowest BCUT2D eigenvalue weighted by atomic mass is 9.96. The molecular weight excluding hydrogens is 240 g/mol. The average molecular weight is 262 g/mol. The summed E-state index contributed by atoms with van der Waals surface area (Å²) in [6.45, 7) is 0. The minimum atomic E-state index is 0.191. The first-order chi connectivity index (χ1) is 9.30. The molecule has 0 heterocycles. The minimum Gasteiger partial charge on any atom is -0.497 e. The fourth-order valence-electron chi connectivity index (χ4n) is 3.85. The van der Waals surface area contributed by atoms with E-state index >= 15 is 0 Å². The number of hydrazine groups is 1. The van der Waals surface area contributed by atoms with Crippen molar-refractivity contribution in [1.82, 2.24) is 5.43 Å². The number of nitrogens with one attached hydrogen (secondary N) is 1. The Morgan fingerprint density at radius 3 is 2.53 bits per heavy atom. The molecule has 2 aliphatic rings. The predicted molar refractivity (Wildman–Crippen MR) is 73.9 cm³/mol. The molecule has 2 fully saturated rings. The number of benzene rings is 1. The van der Waals surface area contributed by atoms with Crippen LogP contribution in [-0.2, 0) is 0 Å². The van der Waals surface area contributed by atoms with Crippen LogP contribution in [0, 0.1) is 17.8 Å². The van der Waals surface area contributed by atoms with Gasteiger partial charge >= 0.3 is 0 Å². The van der Waals surface area contributed by atoms with Gasteiger partial charge in [-0.1, -0.05) is 12.5 Å². The second kappa shape index (κ2) is 5.02. The Morgan fingerprint density at radius 1 is 1.21 bits per heavy atom. The lowest BCUT2D eigenvalue weighted by Gasteiger charge is -2.21. The van der Waals surface area contributed by atoms with Gasteiger partial charge in [0.05, 0.1) is 20.3 Å². The van der Waals surface area contributed by atoms with E-state index in [0.29, 0.717) is 5.92 Å². The topological polar surface area (TPSA) is 56.5 Å². The number of ether oxygens (including phenoxy) is 2. The first kappa shape index (κ1) is 12.8. The monoisotopic (exact) mass is 262 g/mol. The average Bonchev–Trinajstić information content (AvgIpc) is 2.92. The number of methoxy groups -OCH3 is 2. The summed E-state index contributed by atoms with van der Waals surface area (Å²) in [4.78, 5) is 0. The van der Waals surface area contributed by atoms with Gasteiger partial charge in [-0.3, -0.25) is 11.3 Å². The van der Waals surface area contributed by atoms with Crippen LogP contribution in [0.1, 0.15) is 30.9 Å². The molecule has 104 valence electrons. The summed E-state index contributed by atoms with van der Waals surface area (Å²) < 4.78 is 10.7. The molecule has 4 nitrogen and oxygen atoms in total. The third-order valence-electron chi connectivity index (χ3n) is 4.81. The summed E-state index contributed by atoms with van der Waals surface area (Å²) in [6.07, 6.45) is 4.08. The first-order valence-electron chi connectivity index (χ1n) is 6.98. The molecule has 0 radical (unpaired) electrons. The van der Waals surface area contributed by atoms with E-state index in [-0.39, 0.29) is 6.04 Å². The van der Waals surface area contributed by atoms with Crippen LogP contribution in [0.3, 0.4) is 0 Å². The van der Waals surface area contributed by atoms with Gasteiger partial charge in [0, 0.05) is 11.6 Å². The summed E-state index contributed by atoms with van der Waals surface area (Å²) in [7, 11) is 3.36. The summed E-state index contributed by atoms with van der Waals surface area (Å²) in [5.41, 5.74) is 4.14. The van der Waals surface area contributed by atoms with Crippen LogP contribution in [0.4, 0.5) is 0 Å². The van der Waals surface area contributed by atoms with Crippen molar-refractivity contribution in [3.63, 3.8) is 0 Å². The van der Waals surface area contributed by atoms with Crippen molar-refractivity contribution < 1.29 is 9.47 Å². The van der Waals surface area contributed by atoms with Crippen molar-refractivity contribution in [3.8, 4) is 11.5 Å². The van der Waals surface area contributed by atoms with Gasteiger partial charge in [0.15, 0.2) is 0 Å². The SMILES string of the molecule is COc1ccc(C(NN)C2C3CCCC32)c(OC)c1. The number of nitrogens with two attached hydrogens (primary N) is 1. The van der Waals surface area contributed by atoms with Gasteiger partial charge in [0.2, 0.25) is 0 Å². The molecule has 19 heavy (non-hydrogen) atoms. The molecule has 0 aromatic heterocycles. The minimum absolute atomic E-state index is 0.191. The van der Waals surface area contributed by atoms with E-state index in [4.69, 9.17) is 15.3 Å². The molecule has 4 heteroatoms. The Morgan fingerprint density at radius 2 is 1.95 bits per heavy atom. The number of hydrogen-bond acceptors (Lipinski definition) is 4. The van der Waals surface area contributed by atoms with E-state index in [2.05, 4.69) is 11.5 Å². The van der Waals surface area contributed by atoms with Gasteiger partial charge < -0.3 is 9.47 Å². The molecule has 0 saturated heterocycles. The normalized spacial score (nSPS) is 29.7. The highest BCUT2D eigenvalue weighted by atomic mass is 16.5. The summed E-state index contributed by atoms with van der Waals surface area (Å²) in [5.74, 6) is 9.85.